The molecule has 13 heteroatoms. The van der Waals surface area contributed by atoms with Crippen LogP contribution < -0.4 is 21.3 Å². The van der Waals surface area contributed by atoms with Crippen molar-refractivity contribution >= 4 is 35.3 Å². The average molecular weight is 722 g/mol. The molecule has 5 atom stereocenters. The van der Waals surface area contributed by atoms with E-state index in [1.807, 2.05) is 27.7 Å². The Hall–Kier alpha value is -3.90. The Balaban J connectivity index is 1.39. The van der Waals surface area contributed by atoms with Crippen molar-refractivity contribution in [2.75, 3.05) is 6.54 Å². The second kappa shape index (κ2) is 17.7. The zero-order valence-corrected chi connectivity index (χ0v) is 31.5. The van der Waals surface area contributed by atoms with Gasteiger partial charge in [-0.3, -0.25) is 33.8 Å². The van der Waals surface area contributed by atoms with Crippen LogP contribution in [0.3, 0.4) is 0 Å². The summed E-state index contributed by atoms with van der Waals surface area (Å²) >= 11 is 0. The first kappa shape index (κ1) is 39.3. The number of carbonyl (C=O) groups is 6. The highest BCUT2D eigenvalue weighted by Gasteiger charge is 2.49. The van der Waals surface area contributed by atoms with E-state index < -0.39 is 59.0 Å². The highest BCUT2D eigenvalue weighted by atomic mass is 16.2. The van der Waals surface area contributed by atoms with Crippen molar-refractivity contribution in [1.82, 2.24) is 36.1 Å². The van der Waals surface area contributed by atoms with Crippen LogP contribution in [0.15, 0.2) is 18.6 Å². The van der Waals surface area contributed by atoms with Gasteiger partial charge in [-0.2, -0.15) is 0 Å². The summed E-state index contributed by atoms with van der Waals surface area (Å²) in [5.41, 5.74) is -0.645. The molecular formula is C39H59N7O6. The van der Waals surface area contributed by atoms with Crippen molar-refractivity contribution in [1.29, 1.82) is 0 Å². The summed E-state index contributed by atoms with van der Waals surface area (Å²) in [7, 11) is 0. The van der Waals surface area contributed by atoms with E-state index in [9.17, 15) is 28.8 Å². The van der Waals surface area contributed by atoms with Gasteiger partial charge >= 0.3 is 0 Å². The van der Waals surface area contributed by atoms with Crippen LogP contribution in [0.2, 0.25) is 0 Å². The third-order valence-electron chi connectivity index (χ3n) is 11.5. The summed E-state index contributed by atoms with van der Waals surface area (Å²) in [5.74, 6) is -3.08. The second-order valence-corrected chi connectivity index (χ2v) is 16.5. The van der Waals surface area contributed by atoms with Gasteiger partial charge in [0, 0.05) is 25.0 Å². The van der Waals surface area contributed by atoms with Crippen molar-refractivity contribution in [3.8, 4) is 0 Å². The van der Waals surface area contributed by atoms with Gasteiger partial charge in [0.25, 0.3) is 11.8 Å². The molecule has 1 aromatic heterocycles. The first-order valence-corrected chi connectivity index (χ1v) is 19.7. The fraction of sp³-hybridized carbons (Fsp3) is 0.744. The zero-order chi connectivity index (χ0) is 37.4. The van der Waals surface area contributed by atoms with E-state index in [0.717, 1.165) is 77.0 Å². The quantitative estimate of drug-likeness (QED) is 0.211. The fourth-order valence-electron chi connectivity index (χ4n) is 8.46. The van der Waals surface area contributed by atoms with Crippen LogP contribution in [0.5, 0.6) is 0 Å². The molecule has 1 saturated heterocycles. The van der Waals surface area contributed by atoms with Crippen LogP contribution in [0.4, 0.5) is 0 Å². The van der Waals surface area contributed by atoms with Gasteiger partial charge < -0.3 is 26.2 Å². The molecule has 4 N–H and O–H groups in total. The van der Waals surface area contributed by atoms with E-state index in [1.165, 1.54) is 18.6 Å². The van der Waals surface area contributed by atoms with E-state index in [4.69, 9.17) is 0 Å². The van der Waals surface area contributed by atoms with Gasteiger partial charge in [0.1, 0.15) is 23.8 Å². The van der Waals surface area contributed by atoms with E-state index in [2.05, 4.69) is 31.2 Å². The lowest BCUT2D eigenvalue weighted by Crippen LogP contribution is -2.62. The lowest BCUT2D eigenvalue weighted by Gasteiger charge is -2.39. The average Bonchev–Trinajstić information content (AvgIpc) is 3.85. The SMILES string of the molecule is CCC[C@H](NC(=O)[C@@H]1[C@@H](C2CCCCC2)CCN1C(=O)[C@H](NC(=O)[C@H](NC(=O)c1cnccn1)C1CCCCC1)C(C)(C)C)C(=O)C(=O)NC1CC1. The maximum Gasteiger partial charge on any atom is 0.289 e. The van der Waals surface area contributed by atoms with Crippen LogP contribution in [0.25, 0.3) is 0 Å². The molecule has 286 valence electrons. The summed E-state index contributed by atoms with van der Waals surface area (Å²) in [6.45, 7) is 7.87. The topological polar surface area (TPSA) is 180 Å². The number of amides is 5. The lowest BCUT2D eigenvalue weighted by atomic mass is 9.76. The summed E-state index contributed by atoms with van der Waals surface area (Å²) in [6.07, 6.45) is 17.1. The van der Waals surface area contributed by atoms with E-state index in [-0.39, 0.29) is 35.4 Å². The van der Waals surface area contributed by atoms with Crippen LogP contribution in [-0.2, 0) is 24.0 Å². The molecule has 5 rings (SSSR count). The number of ketones is 1. The Kier molecular flexibility index (Phi) is 13.4. The smallest absolute Gasteiger partial charge is 0.289 e. The maximum atomic E-state index is 14.8. The van der Waals surface area contributed by atoms with Gasteiger partial charge in [-0.05, 0) is 61.7 Å². The van der Waals surface area contributed by atoms with Crippen LogP contribution >= 0.6 is 0 Å². The van der Waals surface area contributed by atoms with Crippen molar-refractivity contribution in [3.05, 3.63) is 24.3 Å². The van der Waals surface area contributed by atoms with Gasteiger partial charge in [-0.1, -0.05) is 85.5 Å². The first-order chi connectivity index (χ1) is 24.9. The molecule has 0 spiro atoms. The Morgan fingerprint density at radius 3 is 2.12 bits per heavy atom. The molecule has 5 amide bonds. The lowest BCUT2D eigenvalue weighted by molar-refractivity contribution is -0.146. The van der Waals surface area contributed by atoms with Gasteiger partial charge in [0.05, 0.1) is 12.2 Å². The van der Waals surface area contributed by atoms with Gasteiger partial charge in [0.2, 0.25) is 23.5 Å². The zero-order valence-electron chi connectivity index (χ0n) is 31.5. The molecule has 2 heterocycles. The van der Waals surface area contributed by atoms with Crippen molar-refractivity contribution in [2.24, 2.45) is 23.2 Å². The van der Waals surface area contributed by atoms with Crippen molar-refractivity contribution in [3.63, 3.8) is 0 Å². The van der Waals surface area contributed by atoms with Crippen molar-refractivity contribution < 1.29 is 28.8 Å². The fourth-order valence-corrected chi connectivity index (χ4v) is 8.46. The summed E-state index contributed by atoms with van der Waals surface area (Å²) in [6, 6.07) is -3.72. The highest BCUT2D eigenvalue weighted by molar-refractivity contribution is 6.38. The van der Waals surface area contributed by atoms with E-state index in [0.29, 0.717) is 25.8 Å². The van der Waals surface area contributed by atoms with E-state index >= 15 is 0 Å². The molecule has 4 fully saturated rings. The molecule has 0 aromatic carbocycles. The standard InChI is InChI=1S/C39H59N7O6/c1-5-12-28(32(47)37(51)42-26-17-18-26)43-36(50)31-27(24-13-8-6-9-14-24)19-22-46(31)38(52)33(39(2,3)4)45-35(49)30(25-15-10-7-11-16-25)44-34(48)29-23-40-20-21-41-29/h20-21,23-28,30-31,33H,5-19,22H2,1-4H3,(H,42,51)(H,43,50)(H,44,48)(H,45,49)/t27-,28+,30-,31+,33+/m1/s1. The van der Waals surface area contributed by atoms with Crippen LogP contribution in [0, 0.1) is 23.2 Å². The minimum atomic E-state index is -1.00. The molecule has 0 radical (unpaired) electrons. The van der Waals surface area contributed by atoms with E-state index in [1.54, 1.807) is 4.90 Å². The first-order valence-electron chi connectivity index (χ1n) is 19.7. The normalized spacial score (nSPS) is 23.2. The number of nitrogens with zero attached hydrogens (tertiary/aromatic N) is 3. The maximum absolute atomic E-state index is 14.8. The molecule has 1 aromatic rings. The van der Waals surface area contributed by atoms with Gasteiger partial charge in [-0.25, -0.2) is 4.98 Å². The molecule has 0 bridgehead atoms. The monoisotopic (exact) mass is 721 g/mol. The van der Waals surface area contributed by atoms with Crippen molar-refractivity contribution in [2.45, 2.75) is 154 Å². The molecule has 3 aliphatic carbocycles. The largest absolute Gasteiger partial charge is 0.347 e. The van der Waals surface area contributed by atoms with Crippen LogP contribution in [0.1, 0.15) is 134 Å². The summed E-state index contributed by atoms with van der Waals surface area (Å²) in [5, 5.41) is 11.6. The minimum Gasteiger partial charge on any atom is -0.347 e. The molecule has 13 nitrogen and oxygen atoms in total. The van der Waals surface area contributed by atoms with Crippen LogP contribution in [-0.4, -0.2) is 86.9 Å². The Labute approximate surface area is 308 Å². The Bertz CT molecular complexity index is 1430. The molecule has 3 saturated carbocycles. The molecule has 0 unspecified atom stereocenters. The summed E-state index contributed by atoms with van der Waals surface area (Å²) < 4.78 is 0. The summed E-state index contributed by atoms with van der Waals surface area (Å²) in [4.78, 5) is 92.4. The third-order valence-corrected chi connectivity index (χ3v) is 11.5. The molecule has 4 aliphatic rings. The number of nitrogens with one attached hydrogen (secondary N) is 4. The second-order valence-electron chi connectivity index (χ2n) is 16.5. The number of carbonyl (C=O) groups excluding carboxylic acids is 6. The number of aromatic nitrogens is 2. The third kappa shape index (κ3) is 9.95. The number of Topliss-reactive ketones (excluding diaryl/α,β-unsaturated/α-hetero) is 1. The number of likely N-dealkylation sites (tertiary alicyclic amines) is 1. The molecule has 1 aliphatic heterocycles. The number of hydrogen-bond acceptors (Lipinski definition) is 8. The Morgan fingerprint density at radius 1 is 0.846 bits per heavy atom. The van der Waals surface area contributed by atoms with Gasteiger partial charge in [-0.15, -0.1) is 0 Å². The molecular weight excluding hydrogens is 662 g/mol. The minimum absolute atomic E-state index is 0.00985. The molecule has 52 heavy (non-hydrogen) atoms. The number of hydrogen-bond donors (Lipinski definition) is 4. The van der Waals surface area contributed by atoms with Gasteiger partial charge in [0.15, 0.2) is 0 Å². The predicted octanol–water partition coefficient (Wildman–Crippen LogP) is 3.62. The number of rotatable bonds is 14. The Morgan fingerprint density at radius 2 is 1.52 bits per heavy atom. The highest BCUT2D eigenvalue weighted by Crippen LogP contribution is 2.40. The predicted molar refractivity (Wildman–Crippen MR) is 194 cm³/mol.